The fraction of sp³-hybridized carbons (Fsp3) is 0.588. The van der Waals surface area contributed by atoms with Crippen molar-refractivity contribution < 1.29 is 0 Å². The molecule has 1 saturated carbocycles. The van der Waals surface area contributed by atoms with Crippen molar-refractivity contribution >= 4 is 0 Å². The lowest BCUT2D eigenvalue weighted by atomic mass is 9.84. The second kappa shape index (κ2) is 6.73. The van der Waals surface area contributed by atoms with E-state index >= 15 is 0 Å². The smallest absolute Gasteiger partial charge is 0.0991 e. The van der Waals surface area contributed by atoms with Crippen LogP contribution >= 0.6 is 0 Å². The molecular formula is C17H24N2. The standard InChI is InChI=1S/C17H24N2/c1-13-10-15(11-18)8-9-17(13)12-19-14(2)16-6-4-3-5-7-16/h8-10,14,16,19H,3-7,12H2,1-2H3/t14-/m0/s1. The Kier molecular flexibility index (Phi) is 4.99. The van der Waals surface area contributed by atoms with Gasteiger partial charge < -0.3 is 5.32 Å². The summed E-state index contributed by atoms with van der Waals surface area (Å²) in [5.74, 6) is 0.840. The van der Waals surface area contributed by atoms with Crippen LogP contribution in [0.2, 0.25) is 0 Å². The van der Waals surface area contributed by atoms with E-state index in [1.54, 1.807) is 0 Å². The fourth-order valence-corrected chi connectivity index (χ4v) is 3.04. The van der Waals surface area contributed by atoms with E-state index in [0.29, 0.717) is 6.04 Å². The third-order valence-electron chi connectivity index (χ3n) is 4.44. The monoisotopic (exact) mass is 256 g/mol. The molecular weight excluding hydrogens is 232 g/mol. The van der Waals surface area contributed by atoms with E-state index < -0.39 is 0 Å². The van der Waals surface area contributed by atoms with Crippen LogP contribution < -0.4 is 5.32 Å². The Balaban J connectivity index is 1.89. The molecule has 2 rings (SSSR count). The van der Waals surface area contributed by atoms with Gasteiger partial charge in [0.15, 0.2) is 0 Å². The van der Waals surface area contributed by atoms with Crippen LogP contribution in [-0.4, -0.2) is 6.04 Å². The van der Waals surface area contributed by atoms with Crippen molar-refractivity contribution in [3.8, 4) is 6.07 Å². The predicted octanol–water partition coefficient (Wildman–Crippen LogP) is 3.93. The van der Waals surface area contributed by atoms with Crippen molar-refractivity contribution in [2.75, 3.05) is 0 Å². The van der Waals surface area contributed by atoms with E-state index in [1.165, 1.54) is 43.2 Å². The van der Waals surface area contributed by atoms with Crippen LogP contribution in [-0.2, 0) is 6.54 Å². The number of nitrogens with one attached hydrogen (secondary N) is 1. The second-order valence-corrected chi connectivity index (χ2v) is 5.82. The molecule has 1 aliphatic carbocycles. The molecule has 1 atom stereocenters. The Bertz CT molecular complexity index is 453. The van der Waals surface area contributed by atoms with Crippen molar-refractivity contribution in [3.05, 3.63) is 34.9 Å². The van der Waals surface area contributed by atoms with Gasteiger partial charge in [-0.15, -0.1) is 0 Å². The first-order valence-electron chi connectivity index (χ1n) is 7.43. The van der Waals surface area contributed by atoms with Crippen molar-refractivity contribution in [3.63, 3.8) is 0 Å². The van der Waals surface area contributed by atoms with Gasteiger partial charge in [0.05, 0.1) is 11.6 Å². The Morgan fingerprint density at radius 2 is 2.05 bits per heavy atom. The maximum atomic E-state index is 8.88. The lowest BCUT2D eigenvalue weighted by Crippen LogP contribution is -2.34. The zero-order chi connectivity index (χ0) is 13.7. The van der Waals surface area contributed by atoms with Gasteiger partial charge in [-0.2, -0.15) is 5.26 Å². The van der Waals surface area contributed by atoms with Crippen molar-refractivity contribution in [2.45, 2.75) is 58.5 Å². The van der Waals surface area contributed by atoms with Gasteiger partial charge >= 0.3 is 0 Å². The van der Waals surface area contributed by atoms with E-state index in [9.17, 15) is 0 Å². The van der Waals surface area contributed by atoms with Gasteiger partial charge in [0, 0.05) is 12.6 Å². The quantitative estimate of drug-likeness (QED) is 0.886. The molecule has 0 aromatic heterocycles. The molecule has 2 nitrogen and oxygen atoms in total. The van der Waals surface area contributed by atoms with E-state index in [2.05, 4.69) is 31.3 Å². The predicted molar refractivity (Wildman–Crippen MR) is 78.8 cm³/mol. The molecule has 0 radical (unpaired) electrons. The summed E-state index contributed by atoms with van der Waals surface area (Å²) in [5, 5.41) is 12.5. The van der Waals surface area contributed by atoms with Crippen LogP contribution in [0.25, 0.3) is 0 Å². The van der Waals surface area contributed by atoms with Crippen molar-refractivity contribution in [1.82, 2.24) is 5.32 Å². The minimum atomic E-state index is 0.593. The van der Waals surface area contributed by atoms with Gasteiger partial charge in [0.25, 0.3) is 0 Å². The highest BCUT2D eigenvalue weighted by atomic mass is 14.9. The zero-order valence-electron chi connectivity index (χ0n) is 12.1. The number of nitrogens with zero attached hydrogens (tertiary/aromatic N) is 1. The third-order valence-corrected chi connectivity index (χ3v) is 4.44. The topological polar surface area (TPSA) is 35.8 Å². The van der Waals surface area contributed by atoms with Gasteiger partial charge in [-0.25, -0.2) is 0 Å². The minimum Gasteiger partial charge on any atom is -0.310 e. The summed E-state index contributed by atoms with van der Waals surface area (Å²) in [7, 11) is 0. The van der Waals surface area contributed by atoms with Crippen LogP contribution in [0.5, 0.6) is 0 Å². The van der Waals surface area contributed by atoms with E-state index in [4.69, 9.17) is 5.26 Å². The van der Waals surface area contributed by atoms with Gasteiger partial charge in [0.1, 0.15) is 0 Å². The highest BCUT2D eigenvalue weighted by Gasteiger charge is 2.19. The first kappa shape index (κ1) is 14.1. The number of nitriles is 1. The number of hydrogen-bond acceptors (Lipinski definition) is 2. The van der Waals surface area contributed by atoms with Gasteiger partial charge in [-0.1, -0.05) is 25.3 Å². The molecule has 0 spiro atoms. The molecule has 0 aliphatic heterocycles. The van der Waals surface area contributed by atoms with E-state index in [0.717, 1.165) is 18.0 Å². The molecule has 0 amide bonds. The maximum Gasteiger partial charge on any atom is 0.0991 e. The Morgan fingerprint density at radius 1 is 1.32 bits per heavy atom. The molecule has 1 N–H and O–H groups in total. The molecule has 19 heavy (non-hydrogen) atoms. The Hall–Kier alpha value is -1.33. The maximum absolute atomic E-state index is 8.88. The first-order valence-corrected chi connectivity index (χ1v) is 7.43. The van der Waals surface area contributed by atoms with Gasteiger partial charge in [-0.3, -0.25) is 0 Å². The van der Waals surface area contributed by atoms with Gasteiger partial charge in [0.2, 0.25) is 0 Å². The van der Waals surface area contributed by atoms with Crippen LogP contribution in [0.4, 0.5) is 0 Å². The zero-order valence-corrected chi connectivity index (χ0v) is 12.1. The lowest BCUT2D eigenvalue weighted by Gasteiger charge is -2.28. The highest BCUT2D eigenvalue weighted by Crippen LogP contribution is 2.26. The minimum absolute atomic E-state index is 0.593. The number of hydrogen-bond donors (Lipinski definition) is 1. The largest absolute Gasteiger partial charge is 0.310 e. The van der Waals surface area contributed by atoms with Gasteiger partial charge in [-0.05, 0) is 55.9 Å². The highest BCUT2D eigenvalue weighted by molar-refractivity contribution is 5.37. The number of benzene rings is 1. The molecule has 1 aromatic rings. The van der Waals surface area contributed by atoms with Crippen molar-refractivity contribution in [1.29, 1.82) is 5.26 Å². The average Bonchev–Trinajstić information content (AvgIpc) is 2.46. The van der Waals surface area contributed by atoms with Crippen LogP contribution in [0.15, 0.2) is 18.2 Å². The molecule has 1 fully saturated rings. The normalized spacial score (nSPS) is 17.9. The molecule has 2 heteroatoms. The summed E-state index contributed by atoms with van der Waals surface area (Å²) < 4.78 is 0. The SMILES string of the molecule is Cc1cc(C#N)ccc1CN[C@@H](C)C1CCCCC1. The molecule has 0 heterocycles. The summed E-state index contributed by atoms with van der Waals surface area (Å²) in [4.78, 5) is 0. The summed E-state index contributed by atoms with van der Waals surface area (Å²) in [5.41, 5.74) is 3.27. The van der Waals surface area contributed by atoms with Crippen LogP contribution in [0.3, 0.4) is 0 Å². The van der Waals surface area contributed by atoms with E-state index in [-0.39, 0.29) is 0 Å². The molecule has 1 aromatic carbocycles. The lowest BCUT2D eigenvalue weighted by molar-refractivity contribution is 0.280. The summed E-state index contributed by atoms with van der Waals surface area (Å²) in [6.07, 6.45) is 6.96. The summed E-state index contributed by atoms with van der Waals surface area (Å²) >= 11 is 0. The number of aryl methyl sites for hydroxylation is 1. The molecule has 102 valence electrons. The second-order valence-electron chi connectivity index (χ2n) is 5.82. The molecule has 0 saturated heterocycles. The first-order chi connectivity index (χ1) is 9.20. The third kappa shape index (κ3) is 3.81. The summed E-state index contributed by atoms with van der Waals surface area (Å²) in [6, 6.07) is 8.75. The number of rotatable bonds is 4. The molecule has 0 bridgehead atoms. The van der Waals surface area contributed by atoms with Crippen molar-refractivity contribution in [2.24, 2.45) is 5.92 Å². The Labute approximate surface area is 116 Å². The molecule has 0 unspecified atom stereocenters. The van der Waals surface area contributed by atoms with Crippen LogP contribution in [0.1, 0.15) is 55.7 Å². The summed E-state index contributed by atoms with van der Waals surface area (Å²) in [6.45, 7) is 5.31. The average molecular weight is 256 g/mol. The Morgan fingerprint density at radius 3 is 2.68 bits per heavy atom. The van der Waals surface area contributed by atoms with Crippen LogP contribution in [0, 0.1) is 24.2 Å². The fourth-order valence-electron chi connectivity index (χ4n) is 3.04. The van der Waals surface area contributed by atoms with E-state index in [1.807, 2.05) is 12.1 Å². The molecule has 1 aliphatic rings.